The summed E-state index contributed by atoms with van der Waals surface area (Å²) in [6.45, 7) is 3.94. The molecule has 0 aliphatic heterocycles. The molecule has 0 saturated heterocycles. The third-order valence-corrected chi connectivity index (χ3v) is 2.88. The number of hydrogen-bond donors (Lipinski definition) is 2. The highest BCUT2D eigenvalue weighted by Crippen LogP contribution is 2.18. The summed E-state index contributed by atoms with van der Waals surface area (Å²) >= 11 is 3.30. The van der Waals surface area contributed by atoms with E-state index in [0.717, 1.165) is 0 Å². The fraction of sp³-hybridized carbons (Fsp3) is 0.273. The van der Waals surface area contributed by atoms with Crippen LogP contribution < -0.4 is 5.32 Å². The maximum atomic E-state index is 11.9. The van der Waals surface area contributed by atoms with Gasteiger partial charge in [0.15, 0.2) is 0 Å². The van der Waals surface area contributed by atoms with E-state index in [0.29, 0.717) is 16.1 Å². The Kier molecular flexibility index (Phi) is 3.71. The second-order valence-corrected chi connectivity index (χ2v) is 4.84. The Bertz CT molecular complexity index is 566. The average Bonchev–Trinajstić information content (AvgIpc) is 2.81. The van der Waals surface area contributed by atoms with Gasteiger partial charge in [-0.2, -0.15) is 0 Å². The smallest absolute Gasteiger partial charge is 0.296 e. The Morgan fingerprint density at radius 1 is 1.50 bits per heavy atom. The molecule has 2 aromatic heterocycles. The van der Waals surface area contributed by atoms with E-state index in [1.807, 2.05) is 13.8 Å². The number of H-pyrrole nitrogens is 1. The predicted octanol–water partition coefficient (Wildman–Crippen LogP) is 2.34. The van der Waals surface area contributed by atoms with Crippen molar-refractivity contribution in [2.75, 3.05) is 5.32 Å². The molecule has 0 aliphatic carbocycles. The van der Waals surface area contributed by atoms with Gasteiger partial charge >= 0.3 is 0 Å². The molecular formula is C11H12BrN5O. The minimum atomic E-state index is -0.391. The van der Waals surface area contributed by atoms with Gasteiger partial charge in [-0.25, -0.2) is 9.97 Å². The van der Waals surface area contributed by atoms with E-state index in [1.54, 1.807) is 18.3 Å². The van der Waals surface area contributed by atoms with Gasteiger partial charge in [0, 0.05) is 12.1 Å². The lowest BCUT2D eigenvalue weighted by molar-refractivity contribution is 0.101. The first kappa shape index (κ1) is 12.7. The van der Waals surface area contributed by atoms with Gasteiger partial charge in [0.1, 0.15) is 11.6 Å². The lowest BCUT2D eigenvalue weighted by Gasteiger charge is -2.02. The van der Waals surface area contributed by atoms with Gasteiger partial charge in [-0.15, -0.1) is 5.10 Å². The van der Waals surface area contributed by atoms with Crippen molar-refractivity contribution in [2.24, 2.45) is 0 Å². The van der Waals surface area contributed by atoms with Crippen molar-refractivity contribution >= 4 is 27.7 Å². The minimum absolute atomic E-state index is 0.108. The van der Waals surface area contributed by atoms with E-state index in [9.17, 15) is 4.79 Å². The summed E-state index contributed by atoms with van der Waals surface area (Å²) in [7, 11) is 0. The van der Waals surface area contributed by atoms with Gasteiger partial charge < -0.3 is 5.32 Å². The second-order valence-electron chi connectivity index (χ2n) is 3.99. The third kappa shape index (κ3) is 2.73. The van der Waals surface area contributed by atoms with Crippen LogP contribution in [0.15, 0.2) is 22.8 Å². The largest absolute Gasteiger partial charge is 0.303 e. The van der Waals surface area contributed by atoms with Crippen LogP contribution >= 0.6 is 15.9 Å². The number of nitrogens with zero attached hydrogens (tertiary/aromatic N) is 3. The number of pyridine rings is 1. The Balaban J connectivity index is 2.15. The Labute approximate surface area is 112 Å². The molecule has 6 nitrogen and oxygen atoms in total. The number of nitrogens with one attached hydrogen (secondary N) is 2. The lowest BCUT2D eigenvalue weighted by atomic mass is 10.2. The Hall–Kier alpha value is -1.76. The first-order valence-corrected chi connectivity index (χ1v) is 6.21. The molecule has 2 heterocycles. The summed E-state index contributed by atoms with van der Waals surface area (Å²) in [6.07, 6.45) is 1.60. The van der Waals surface area contributed by atoms with Gasteiger partial charge in [0.25, 0.3) is 5.91 Å². The normalized spacial score (nSPS) is 10.7. The Morgan fingerprint density at radius 3 is 2.89 bits per heavy atom. The van der Waals surface area contributed by atoms with Gasteiger partial charge in [0.05, 0.1) is 4.47 Å². The van der Waals surface area contributed by atoms with Crippen molar-refractivity contribution < 1.29 is 4.79 Å². The van der Waals surface area contributed by atoms with Crippen molar-refractivity contribution in [3.63, 3.8) is 0 Å². The quantitative estimate of drug-likeness (QED) is 0.911. The monoisotopic (exact) mass is 309 g/mol. The highest BCUT2D eigenvalue weighted by Gasteiger charge is 2.15. The van der Waals surface area contributed by atoms with E-state index >= 15 is 0 Å². The van der Waals surface area contributed by atoms with Crippen LogP contribution in [0.25, 0.3) is 0 Å². The van der Waals surface area contributed by atoms with Gasteiger partial charge in [0.2, 0.25) is 5.82 Å². The van der Waals surface area contributed by atoms with Crippen LogP contribution in [0.1, 0.15) is 36.2 Å². The standard InChI is InChI=1S/C11H12BrN5O/c1-6(2)8-14-10(17-16-8)11(18)15-9-7(12)4-3-5-13-9/h3-6H,1-2H3,(H,13,15,18)(H,14,16,17). The first-order chi connectivity index (χ1) is 8.58. The fourth-order valence-electron chi connectivity index (χ4n) is 1.28. The van der Waals surface area contributed by atoms with E-state index in [4.69, 9.17) is 0 Å². The highest BCUT2D eigenvalue weighted by atomic mass is 79.9. The van der Waals surface area contributed by atoms with Crippen LogP contribution in [0.3, 0.4) is 0 Å². The third-order valence-electron chi connectivity index (χ3n) is 2.24. The number of halogens is 1. The number of carbonyl (C=O) groups excluding carboxylic acids is 1. The minimum Gasteiger partial charge on any atom is -0.303 e. The number of amides is 1. The molecular weight excluding hydrogens is 298 g/mol. The molecule has 0 saturated carbocycles. The average molecular weight is 310 g/mol. The molecule has 2 aromatic rings. The molecule has 0 fully saturated rings. The molecule has 94 valence electrons. The number of aromatic nitrogens is 4. The predicted molar refractivity (Wildman–Crippen MR) is 70.4 cm³/mol. The summed E-state index contributed by atoms with van der Waals surface area (Å²) in [4.78, 5) is 20.0. The SMILES string of the molecule is CC(C)c1nc(C(=O)Nc2ncccc2Br)n[nH]1. The van der Waals surface area contributed by atoms with Crippen molar-refractivity contribution in [3.8, 4) is 0 Å². The van der Waals surface area contributed by atoms with Gasteiger partial charge in [-0.3, -0.25) is 9.89 Å². The highest BCUT2D eigenvalue weighted by molar-refractivity contribution is 9.10. The van der Waals surface area contributed by atoms with Crippen LogP contribution in [0.2, 0.25) is 0 Å². The summed E-state index contributed by atoms with van der Waals surface area (Å²) in [5.74, 6) is 1.04. The maximum Gasteiger partial charge on any atom is 0.296 e. The van der Waals surface area contributed by atoms with Crippen LogP contribution in [-0.4, -0.2) is 26.1 Å². The molecule has 0 spiro atoms. The van der Waals surface area contributed by atoms with E-state index < -0.39 is 5.91 Å². The van der Waals surface area contributed by atoms with Crippen LogP contribution in [0.4, 0.5) is 5.82 Å². The summed E-state index contributed by atoms with van der Waals surface area (Å²) in [6, 6.07) is 3.56. The van der Waals surface area contributed by atoms with Gasteiger partial charge in [-0.1, -0.05) is 13.8 Å². The number of aromatic amines is 1. The number of rotatable bonds is 3. The van der Waals surface area contributed by atoms with Crippen LogP contribution in [0, 0.1) is 0 Å². The molecule has 0 unspecified atom stereocenters. The summed E-state index contributed by atoms with van der Waals surface area (Å²) in [5, 5.41) is 9.24. The number of anilines is 1. The summed E-state index contributed by atoms with van der Waals surface area (Å²) in [5.41, 5.74) is 0. The zero-order valence-electron chi connectivity index (χ0n) is 9.94. The molecule has 2 N–H and O–H groups in total. The molecule has 0 aromatic carbocycles. The Morgan fingerprint density at radius 2 is 2.28 bits per heavy atom. The van der Waals surface area contributed by atoms with Crippen molar-refractivity contribution in [1.29, 1.82) is 0 Å². The first-order valence-electron chi connectivity index (χ1n) is 5.42. The van der Waals surface area contributed by atoms with Crippen LogP contribution in [-0.2, 0) is 0 Å². The molecule has 0 atom stereocenters. The van der Waals surface area contributed by atoms with E-state index in [-0.39, 0.29) is 11.7 Å². The molecule has 1 amide bonds. The second kappa shape index (κ2) is 5.26. The fourth-order valence-corrected chi connectivity index (χ4v) is 1.63. The van der Waals surface area contributed by atoms with Crippen molar-refractivity contribution in [3.05, 3.63) is 34.5 Å². The molecule has 2 rings (SSSR count). The maximum absolute atomic E-state index is 11.9. The molecule has 18 heavy (non-hydrogen) atoms. The number of hydrogen-bond acceptors (Lipinski definition) is 4. The van der Waals surface area contributed by atoms with Crippen molar-refractivity contribution in [2.45, 2.75) is 19.8 Å². The molecule has 0 bridgehead atoms. The van der Waals surface area contributed by atoms with Crippen molar-refractivity contribution in [1.82, 2.24) is 20.2 Å². The zero-order chi connectivity index (χ0) is 13.1. The summed E-state index contributed by atoms with van der Waals surface area (Å²) < 4.78 is 0.706. The topological polar surface area (TPSA) is 83.6 Å². The number of carbonyl (C=O) groups is 1. The molecule has 0 radical (unpaired) electrons. The molecule has 7 heteroatoms. The van der Waals surface area contributed by atoms with Gasteiger partial charge in [-0.05, 0) is 28.1 Å². The zero-order valence-corrected chi connectivity index (χ0v) is 11.5. The molecule has 0 aliphatic rings. The van der Waals surface area contributed by atoms with E-state index in [1.165, 1.54) is 0 Å². The van der Waals surface area contributed by atoms with Crippen LogP contribution in [0.5, 0.6) is 0 Å². The van der Waals surface area contributed by atoms with E-state index in [2.05, 4.69) is 41.4 Å². The lowest BCUT2D eigenvalue weighted by Crippen LogP contribution is -2.15.